The standard InChI is InChI=1S/C15H19N5O/c1-21-13-4-5-15(19-10-13)20(8-6-14(16)17)11-12-3-2-7-18-9-12/h2-5,7,9-10H,6,8,11H2,1H3,(H3,16,17). The normalized spacial score (nSPS) is 10.1. The van der Waals surface area contributed by atoms with Crippen molar-refractivity contribution in [3.63, 3.8) is 0 Å². The van der Waals surface area contributed by atoms with E-state index in [0.717, 1.165) is 11.4 Å². The molecule has 6 heteroatoms. The first kappa shape index (κ1) is 14.8. The van der Waals surface area contributed by atoms with Crippen LogP contribution in [0.15, 0.2) is 42.9 Å². The molecule has 0 aromatic carbocycles. The van der Waals surface area contributed by atoms with Crippen LogP contribution < -0.4 is 15.4 Å². The van der Waals surface area contributed by atoms with Crippen molar-refractivity contribution in [3.05, 3.63) is 48.4 Å². The molecule has 3 N–H and O–H groups in total. The highest BCUT2D eigenvalue weighted by molar-refractivity contribution is 5.77. The Morgan fingerprint density at radius 3 is 2.76 bits per heavy atom. The maximum atomic E-state index is 7.39. The molecule has 0 bridgehead atoms. The maximum Gasteiger partial charge on any atom is 0.137 e. The lowest BCUT2D eigenvalue weighted by Crippen LogP contribution is -2.28. The van der Waals surface area contributed by atoms with Crippen LogP contribution in [-0.4, -0.2) is 29.5 Å². The van der Waals surface area contributed by atoms with Crippen molar-refractivity contribution < 1.29 is 4.74 Å². The molecule has 6 nitrogen and oxygen atoms in total. The van der Waals surface area contributed by atoms with Crippen LogP contribution in [0.25, 0.3) is 0 Å². The van der Waals surface area contributed by atoms with Gasteiger partial charge in [0, 0.05) is 31.9 Å². The molecule has 0 saturated heterocycles. The highest BCUT2D eigenvalue weighted by Crippen LogP contribution is 2.18. The first-order chi connectivity index (χ1) is 10.2. The SMILES string of the molecule is COc1ccc(N(CCC(=N)N)Cc2cccnc2)nc1. The second-order valence-electron chi connectivity index (χ2n) is 4.61. The van der Waals surface area contributed by atoms with Crippen LogP contribution in [0.4, 0.5) is 5.82 Å². The quantitative estimate of drug-likeness (QED) is 0.598. The molecule has 0 unspecified atom stereocenters. The highest BCUT2D eigenvalue weighted by Gasteiger charge is 2.10. The van der Waals surface area contributed by atoms with E-state index in [-0.39, 0.29) is 5.84 Å². The summed E-state index contributed by atoms with van der Waals surface area (Å²) in [6.07, 6.45) is 5.74. The fraction of sp³-hybridized carbons (Fsp3) is 0.267. The zero-order valence-electron chi connectivity index (χ0n) is 12.0. The molecule has 0 aliphatic carbocycles. The lowest BCUT2D eigenvalue weighted by Gasteiger charge is -2.23. The molecule has 0 aliphatic heterocycles. The van der Waals surface area contributed by atoms with Crippen LogP contribution in [0.3, 0.4) is 0 Å². The Balaban J connectivity index is 2.15. The summed E-state index contributed by atoms with van der Waals surface area (Å²) >= 11 is 0. The van der Waals surface area contributed by atoms with Crippen LogP contribution in [0.2, 0.25) is 0 Å². The first-order valence-electron chi connectivity index (χ1n) is 6.66. The van der Waals surface area contributed by atoms with E-state index in [4.69, 9.17) is 15.9 Å². The second kappa shape index (κ2) is 7.23. The van der Waals surface area contributed by atoms with E-state index in [9.17, 15) is 0 Å². The molecule has 0 saturated carbocycles. The molecule has 0 spiro atoms. The number of nitrogens with one attached hydrogen (secondary N) is 1. The Hall–Kier alpha value is -2.63. The van der Waals surface area contributed by atoms with Crippen molar-refractivity contribution in [1.29, 1.82) is 5.41 Å². The Bertz CT molecular complexity index is 570. The number of rotatable bonds is 7. The number of ether oxygens (including phenoxy) is 1. The van der Waals surface area contributed by atoms with E-state index in [2.05, 4.69) is 14.9 Å². The van der Waals surface area contributed by atoms with E-state index < -0.39 is 0 Å². The van der Waals surface area contributed by atoms with Crippen molar-refractivity contribution in [2.24, 2.45) is 5.73 Å². The largest absolute Gasteiger partial charge is 0.495 e. The van der Waals surface area contributed by atoms with E-state index in [1.54, 1.807) is 19.5 Å². The molecule has 2 heterocycles. The highest BCUT2D eigenvalue weighted by atomic mass is 16.5. The number of hydrogen-bond donors (Lipinski definition) is 2. The van der Waals surface area contributed by atoms with Crippen molar-refractivity contribution in [3.8, 4) is 5.75 Å². The molecule has 0 aliphatic rings. The molecule has 0 atom stereocenters. The number of methoxy groups -OCH3 is 1. The first-order valence-corrected chi connectivity index (χ1v) is 6.66. The minimum atomic E-state index is 0.166. The Kier molecular flexibility index (Phi) is 5.09. The fourth-order valence-electron chi connectivity index (χ4n) is 1.92. The smallest absolute Gasteiger partial charge is 0.137 e. The molecule has 0 fully saturated rings. The lowest BCUT2D eigenvalue weighted by molar-refractivity contribution is 0.413. The number of nitrogens with two attached hydrogens (primary N) is 1. The van der Waals surface area contributed by atoms with Crippen LogP contribution in [-0.2, 0) is 6.54 Å². The van der Waals surface area contributed by atoms with E-state index in [1.807, 2.05) is 30.5 Å². The predicted octanol–water partition coefficient (Wildman–Crippen LogP) is 1.82. The fourth-order valence-corrected chi connectivity index (χ4v) is 1.92. The Morgan fingerprint density at radius 2 is 2.19 bits per heavy atom. The number of aromatic nitrogens is 2. The average Bonchev–Trinajstić information content (AvgIpc) is 2.52. The van der Waals surface area contributed by atoms with Crippen LogP contribution in [0.1, 0.15) is 12.0 Å². The third-order valence-electron chi connectivity index (χ3n) is 3.03. The number of hydrogen-bond acceptors (Lipinski definition) is 5. The van der Waals surface area contributed by atoms with Gasteiger partial charge >= 0.3 is 0 Å². The minimum absolute atomic E-state index is 0.166. The molecule has 21 heavy (non-hydrogen) atoms. The van der Waals surface area contributed by atoms with Crippen molar-refractivity contribution in [1.82, 2.24) is 9.97 Å². The van der Waals surface area contributed by atoms with Gasteiger partial charge < -0.3 is 15.4 Å². The van der Waals surface area contributed by atoms with Gasteiger partial charge in [-0.2, -0.15) is 0 Å². The van der Waals surface area contributed by atoms with Gasteiger partial charge in [0.1, 0.15) is 11.6 Å². The minimum Gasteiger partial charge on any atom is -0.495 e. The maximum absolute atomic E-state index is 7.39. The number of amidine groups is 1. The molecule has 110 valence electrons. The van der Waals surface area contributed by atoms with Gasteiger partial charge in [0.05, 0.1) is 19.1 Å². The summed E-state index contributed by atoms with van der Waals surface area (Å²) in [6, 6.07) is 7.68. The summed E-state index contributed by atoms with van der Waals surface area (Å²) in [5.41, 5.74) is 6.54. The van der Waals surface area contributed by atoms with Crippen molar-refractivity contribution in [2.45, 2.75) is 13.0 Å². The van der Waals surface area contributed by atoms with Crippen LogP contribution in [0, 0.1) is 5.41 Å². The summed E-state index contributed by atoms with van der Waals surface area (Å²) in [5, 5.41) is 7.39. The zero-order valence-corrected chi connectivity index (χ0v) is 12.0. The molecule has 0 radical (unpaired) electrons. The third kappa shape index (κ3) is 4.45. The predicted molar refractivity (Wildman–Crippen MR) is 82.6 cm³/mol. The van der Waals surface area contributed by atoms with E-state index in [1.165, 1.54) is 0 Å². The summed E-state index contributed by atoms with van der Waals surface area (Å²) in [7, 11) is 1.61. The average molecular weight is 285 g/mol. The van der Waals surface area contributed by atoms with Gasteiger partial charge in [-0.15, -0.1) is 0 Å². The van der Waals surface area contributed by atoms with Gasteiger partial charge in [0.25, 0.3) is 0 Å². The molecule has 2 aromatic rings. The lowest BCUT2D eigenvalue weighted by atomic mass is 10.2. The van der Waals surface area contributed by atoms with Gasteiger partial charge in [0.15, 0.2) is 0 Å². The van der Waals surface area contributed by atoms with Gasteiger partial charge in [-0.3, -0.25) is 10.4 Å². The Labute approximate surface area is 124 Å². The molecule has 0 amide bonds. The van der Waals surface area contributed by atoms with E-state index >= 15 is 0 Å². The summed E-state index contributed by atoms with van der Waals surface area (Å²) in [4.78, 5) is 10.6. The molecular weight excluding hydrogens is 266 g/mol. The number of pyridine rings is 2. The Morgan fingerprint density at radius 1 is 1.33 bits per heavy atom. The summed E-state index contributed by atoms with van der Waals surface area (Å²) in [6.45, 7) is 1.30. The number of anilines is 1. The topological polar surface area (TPSA) is 88.1 Å². The van der Waals surface area contributed by atoms with Gasteiger partial charge in [0.2, 0.25) is 0 Å². The third-order valence-corrected chi connectivity index (χ3v) is 3.03. The summed E-state index contributed by atoms with van der Waals surface area (Å²) < 4.78 is 5.12. The molecule has 2 rings (SSSR count). The molecule has 2 aromatic heterocycles. The van der Waals surface area contributed by atoms with Gasteiger partial charge in [-0.25, -0.2) is 4.98 Å². The second-order valence-corrected chi connectivity index (χ2v) is 4.61. The monoisotopic (exact) mass is 285 g/mol. The zero-order chi connectivity index (χ0) is 15.1. The van der Waals surface area contributed by atoms with Gasteiger partial charge in [-0.05, 0) is 23.8 Å². The molecular formula is C15H19N5O. The van der Waals surface area contributed by atoms with Crippen LogP contribution in [0.5, 0.6) is 5.75 Å². The summed E-state index contributed by atoms with van der Waals surface area (Å²) in [5.74, 6) is 1.70. The van der Waals surface area contributed by atoms with E-state index in [0.29, 0.717) is 25.3 Å². The van der Waals surface area contributed by atoms with Crippen molar-refractivity contribution >= 4 is 11.7 Å². The van der Waals surface area contributed by atoms with Gasteiger partial charge in [-0.1, -0.05) is 6.07 Å². The van der Waals surface area contributed by atoms with Crippen molar-refractivity contribution in [2.75, 3.05) is 18.6 Å². The van der Waals surface area contributed by atoms with Crippen LogP contribution >= 0.6 is 0 Å². The number of nitrogens with zero attached hydrogens (tertiary/aromatic N) is 3.